The van der Waals surface area contributed by atoms with Gasteiger partial charge in [-0.25, -0.2) is 4.79 Å². The van der Waals surface area contributed by atoms with E-state index in [1.54, 1.807) is 0 Å². The predicted molar refractivity (Wildman–Crippen MR) is 30.0 cm³/mol. The van der Waals surface area contributed by atoms with Crippen LogP contribution in [0.1, 0.15) is 0 Å². The van der Waals surface area contributed by atoms with E-state index in [1.807, 2.05) is 0 Å². The zero-order chi connectivity index (χ0) is 7.44. The van der Waals surface area contributed by atoms with Crippen molar-refractivity contribution in [2.75, 3.05) is 13.6 Å². The van der Waals surface area contributed by atoms with Crippen molar-refractivity contribution in [2.45, 2.75) is 0 Å². The minimum atomic E-state index is -1.66. The smallest absolute Gasteiger partial charge is 0.309 e. The molecular weight excluding hydrogens is 148 g/mol. The first kappa shape index (κ1) is 8.36. The summed E-state index contributed by atoms with van der Waals surface area (Å²) in [7, 11) is 1.14. The van der Waals surface area contributed by atoms with E-state index >= 15 is 0 Å². The molecule has 0 rings (SSSR count). The molecule has 5 heteroatoms. The number of halogens is 2. The largest absolute Gasteiger partial charge is 0.400 e. The zero-order valence-corrected chi connectivity index (χ0v) is 5.48. The molecule has 0 aliphatic carbocycles. The molecule has 0 aromatic heterocycles. The van der Waals surface area contributed by atoms with Crippen LogP contribution in [0.4, 0.5) is 9.18 Å². The summed E-state index contributed by atoms with van der Waals surface area (Å²) in [5.74, 6) is 0. The van der Waals surface area contributed by atoms with Gasteiger partial charge in [-0.1, -0.05) is 0 Å². The van der Waals surface area contributed by atoms with E-state index in [0.29, 0.717) is 4.90 Å². The molecule has 0 heterocycles. The van der Waals surface area contributed by atoms with Gasteiger partial charge >= 0.3 is 6.16 Å². The number of hydrogen-bond donors (Lipinski definition) is 0. The summed E-state index contributed by atoms with van der Waals surface area (Å²) < 4.78 is 11.5. The first-order valence-electron chi connectivity index (χ1n) is 2.13. The predicted octanol–water partition coefficient (Wildman–Crippen LogP) is 0.773. The Morgan fingerprint density at radius 1 is 1.67 bits per heavy atom. The van der Waals surface area contributed by atoms with Crippen LogP contribution in [0, 0.1) is 0 Å². The highest BCUT2D eigenvalue weighted by Gasteiger charge is 2.08. The van der Waals surface area contributed by atoms with Crippen molar-refractivity contribution in [1.29, 1.82) is 0 Å². The molecule has 0 N–H and O–H groups in total. The molecule has 0 aromatic carbocycles. The lowest BCUT2D eigenvalue weighted by Gasteiger charge is -2.06. The van der Waals surface area contributed by atoms with Gasteiger partial charge in [-0.2, -0.15) is 0 Å². The fourth-order valence-corrected chi connectivity index (χ4v) is 0.428. The van der Waals surface area contributed by atoms with Gasteiger partial charge in [0, 0.05) is 7.05 Å². The lowest BCUT2D eigenvalue weighted by Crippen LogP contribution is -2.26. The third-order valence-corrected chi connectivity index (χ3v) is 0.781. The molecule has 0 aliphatic heterocycles. The van der Waals surface area contributed by atoms with Crippen LogP contribution in [0.5, 0.6) is 0 Å². The molecule has 3 nitrogen and oxygen atoms in total. The standard InChI is InChI=1S/C4H5ClFNO2/c1-7(4(6)9)2-3(5)8/h2H2,1H3. The van der Waals surface area contributed by atoms with Gasteiger partial charge in [-0.05, 0) is 11.6 Å². The van der Waals surface area contributed by atoms with E-state index in [2.05, 4.69) is 0 Å². The van der Waals surface area contributed by atoms with E-state index in [4.69, 9.17) is 11.6 Å². The van der Waals surface area contributed by atoms with Gasteiger partial charge in [0.25, 0.3) is 0 Å². The second-order valence-electron chi connectivity index (χ2n) is 1.46. The van der Waals surface area contributed by atoms with Crippen LogP contribution in [-0.4, -0.2) is 29.9 Å². The van der Waals surface area contributed by atoms with Crippen LogP contribution >= 0.6 is 11.6 Å². The Hall–Kier alpha value is -0.640. The normalized spacial score (nSPS) is 8.78. The Kier molecular flexibility index (Phi) is 3.16. The molecule has 0 aliphatic rings. The number of rotatable bonds is 2. The second-order valence-corrected chi connectivity index (χ2v) is 1.89. The SMILES string of the molecule is CN(CC(=O)Cl)C(=O)F. The van der Waals surface area contributed by atoms with E-state index in [0.717, 1.165) is 7.05 Å². The van der Waals surface area contributed by atoms with Gasteiger partial charge in [-0.15, -0.1) is 4.39 Å². The molecule has 9 heavy (non-hydrogen) atoms. The van der Waals surface area contributed by atoms with Gasteiger partial charge in [0.2, 0.25) is 5.24 Å². The van der Waals surface area contributed by atoms with Crippen LogP contribution in [0.15, 0.2) is 0 Å². The van der Waals surface area contributed by atoms with Crippen LogP contribution < -0.4 is 0 Å². The lowest BCUT2D eigenvalue weighted by atomic mass is 10.6. The van der Waals surface area contributed by atoms with E-state index in [9.17, 15) is 14.0 Å². The monoisotopic (exact) mass is 153 g/mol. The molecule has 0 saturated heterocycles. The first-order chi connectivity index (χ1) is 4.04. The minimum absolute atomic E-state index is 0.392. The fourth-order valence-electron chi connectivity index (χ4n) is 0.249. The summed E-state index contributed by atoms with van der Waals surface area (Å²) in [5.41, 5.74) is 0. The topological polar surface area (TPSA) is 37.4 Å². The average Bonchev–Trinajstić information content (AvgIpc) is 1.63. The zero-order valence-electron chi connectivity index (χ0n) is 4.73. The maximum Gasteiger partial charge on any atom is 0.400 e. The molecule has 0 fully saturated rings. The fraction of sp³-hybridized carbons (Fsp3) is 0.500. The molecule has 0 saturated carbocycles. The van der Waals surface area contributed by atoms with Gasteiger partial charge < -0.3 is 4.90 Å². The number of likely N-dealkylation sites (N-methyl/N-ethyl adjacent to an activating group) is 1. The molecule has 0 bridgehead atoms. The maximum atomic E-state index is 11.5. The summed E-state index contributed by atoms with van der Waals surface area (Å²) in [5, 5.41) is -0.761. The van der Waals surface area contributed by atoms with Crippen molar-refractivity contribution in [2.24, 2.45) is 0 Å². The summed E-state index contributed by atoms with van der Waals surface area (Å²) in [6.45, 7) is -0.392. The van der Waals surface area contributed by atoms with Crippen LogP contribution in [0.25, 0.3) is 0 Å². The maximum absolute atomic E-state index is 11.5. The summed E-state index contributed by atoms with van der Waals surface area (Å²) in [6, 6.07) is 0. The van der Waals surface area contributed by atoms with Gasteiger partial charge in [-0.3, -0.25) is 4.79 Å². The average molecular weight is 154 g/mol. The Morgan fingerprint density at radius 2 is 2.11 bits per heavy atom. The third kappa shape index (κ3) is 3.90. The molecule has 0 aromatic rings. The number of carbonyl (C=O) groups excluding carboxylic acids is 2. The number of amides is 1. The third-order valence-electron chi connectivity index (χ3n) is 0.662. The summed E-state index contributed by atoms with van der Waals surface area (Å²) >= 11 is 4.82. The van der Waals surface area contributed by atoms with E-state index < -0.39 is 17.9 Å². The highest BCUT2D eigenvalue weighted by molar-refractivity contribution is 6.64. The van der Waals surface area contributed by atoms with Crippen LogP contribution in [-0.2, 0) is 4.79 Å². The molecule has 0 atom stereocenters. The van der Waals surface area contributed by atoms with Crippen molar-refractivity contribution in [1.82, 2.24) is 4.90 Å². The van der Waals surface area contributed by atoms with Gasteiger partial charge in [0.1, 0.15) is 0 Å². The molecular formula is C4H5ClFNO2. The highest BCUT2D eigenvalue weighted by Crippen LogP contribution is 1.90. The molecule has 1 amide bonds. The van der Waals surface area contributed by atoms with Crippen molar-refractivity contribution in [3.05, 3.63) is 0 Å². The van der Waals surface area contributed by atoms with Gasteiger partial charge in [0.05, 0.1) is 6.54 Å². The molecule has 0 unspecified atom stereocenters. The van der Waals surface area contributed by atoms with Crippen molar-refractivity contribution >= 4 is 23.0 Å². The first-order valence-corrected chi connectivity index (χ1v) is 2.50. The Bertz CT molecular complexity index is 139. The van der Waals surface area contributed by atoms with Crippen molar-refractivity contribution < 1.29 is 14.0 Å². The summed E-state index contributed by atoms with van der Waals surface area (Å²) in [4.78, 5) is 20.3. The Labute approximate surface area is 56.4 Å². The number of carbonyl (C=O) groups is 2. The van der Waals surface area contributed by atoms with Crippen molar-refractivity contribution in [3.63, 3.8) is 0 Å². The lowest BCUT2D eigenvalue weighted by molar-refractivity contribution is -0.112. The summed E-state index contributed by atoms with van der Waals surface area (Å²) in [6.07, 6.45) is -1.66. The number of nitrogens with zero attached hydrogens (tertiary/aromatic N) is 1. The van der Waals surface area contributed by atoms with Crippen molar-refractivity contribution in [3.8, 4) is 0 Å². The van der Waals surface area contributed by atoms with Crippen LogP contribution in [0.2, 0.25) is 0 Å². The second kappa shape index (κ2) is 3.40. The highest BCUT2D eigenvalue weighted by atomic mass is 35.5. The van der Waals surface area contributed by atoms with E-state index in [-0.39, 0.29) is 0 Å². The molecule has 52 valence electrons. The molecule has 0 radical (unpaired) electrons. The Morgan fingerprint density at radius 3 is 2.22 bits per heavy atom. The quantitative estimate of drug-likeness (QED) is 0.434. The molecule has 0 spiro atoms. The van der Waals surface area contributed by atoms with Gasteiger partial charge in [0.15, 0.2) is 0 Å². The Balaban J connectivity index is 3.63. The van der Waals surface area contributed by atoms with Crippen LogP contribution in [0.3, 0.4) is 0 Å². The number of hydrogen-bond acceptors (Lipinski definition) is 2. The van der Waals surface area contributed by atoms with E-state index in [1.165, 1.54) is 0 Å². The minimum Gasteiger partial charge on any atom is -0.309 e.